The van der Waals surface area contributed by atoms with E-state index in [1.807, 2.05) is 35.0 Å². The van der Waals surface area contributed by atoms with Gasteiger partial charge in [0.1, 0.15) is 0 Å². The Hall–Kier alpha value is -1.82. The van der Waals surface area contributed by atoms with Crippen LogP contribution in [0.15, 0.2) is 18.5 Å². The number of hydrogen-bond acceptors (Lipinski definition) is 3. The first kappa shape index (κ1) is 16.1. The molecule has 2 aliphatic heterocycles. The van der Waals surface area contributed by atoms with Gasteiger partial charge in [-0.05, 0) is 37.7 Å². The Morgan fingerprint density at radius 3 is 2.65 bits per heavy atom. The third kappa shape index (κ3) is 3.58. The molecule has 2 N–H and O–H groups in total. The summed E-state index contributed by atoms with van der Waals surface area (Å²) in [5.41, 5.74) is 6.20. The van der Waals surface area contributed by atoms with Gasteiger partial charge < -0.3 is 19.9 Å². The first-order valence-electron chi connectivity index (χ1n) is 8.36. The van der Waals surface area contributed by atoms with Crippen LogP contribution in [0.2, 0.25) is 0 Å². The number of primary amides is 1. The minimum Gasteiger partial charge on any atom is -0.377 e. The SMILES string of the molecule is Cn1ccc(C(=O)N2CCC(C[C@H]3OCC[C@H]3C(N)=O)CC2)c1. The monoisotopic (exact) mass is 319 g/mol. The lowest BCUT2D eigenvalue weighted by Crippen LogP contribution is -2.40. The number of likely N-dealkylation sites (tertiary alicyclic amines) is 1. The van der Waals surface area contributed by atoms with Crippen LogP contribution in [0.1, 0.15) is 36.0 Å². The molecule has 0 saturated carbocycles. The molecule has 1 aromatic heterocycles. The van der Waals surface area contributed by atoms with Crippen molar-refractivity contribution in [2.24, 2.45) is 24.6 Å². The first-order valence-corrected chi connectivity index (χ1v) is 8.36. The van der Waals surface area contributed by atoms with Crippen molar-refractivity contribution in [3.05, 3.63) is 24.0 Å². The van der Waals surface area contributed by atoms with Crippen LogP contribution in [-0.4, -0.2) is 47.1 Å². The summed E-state index contributed by atoms with van der Waals surface area (Å²) < 4.78 is 7.58. The lowest BCUT2D eigenvalue weighted by Gasteiger charge is -2.33. The molecule has 6 heteroatoms. The Bertz CT molecular complexity index is 575. The normalized spacial score (nSPS) is 25.7. The third-order valence-corrected chi connectivity index (χ3v) is 5.12. The molecule has 0 aromatic carbocycles. The minimum absolute atomic E-state index is 0.0334. The highest BCUT2D eigenvalue weighted by atomic mass is 16.5. The fourth-order valence-electron chi connectivity index (χ4n) is 3.72. The quantitative estimate of drug-likeness (QED) is 0.904. The molecule has 0 radical (unpaired) electrons. The van der Waals surface area contributed by atoms with Crippen molar-refractivity contribution in [1.82, 2.24) is 9.47 Å². The summed E-state index contributed by atoms with van der Waals surface area (Å²) in [5.74, 6) is 0.221. The Morgan fingerprint density at radius 1 is 1.30 bits per heavy atom. The zero-order valence-electron chi connectivity index (χ0n) is 13.6. The van der Waals surface area contributed by atoms with Crippen molar-refractivity contribution in [3.8, 4) is 0 Å². The van der Waals surface area contributed by atoms with Crippen molar-refractivity contribution < 1.29 is 14.3 Å². The number of rotatable bonds is 4. The predicted molar refractivity (Wildman–Crippen MR) is 85.7 cm³/mol. The maximum Gasteiger partial charge on any atom is 0.255 e. The standard InChI is InChI=1S/C17H25N3O3/c1-19-6-4-13(11-19)17(22)20-7-2-12(3-8-20)10-15-14(16(18)21)5-9-23-15/h4,6,11-12,14-15H,2-3,5,7-10H2,1H3,(H2,18,21)/t14-,15-/m1/s1. The van der Waals surface area contributed by atoms with E-state index < -0.39 is 0 Å². The molecule has 3 heterocycles. The summed E-state index contributed by atoms with van der Waals surface area (Å²) >= 11 is 0. The molecular formula is C17H25N3O3. The third-order valence-electron chi connectivity index (χ3n) is 5.12. The second-order valence-corrected chi connectivity index (χ2v) is 6.74. The molecule has 1 aromatic rings. The average Bonchev–Trinajstić information content (AvgIpc) is 3.16. The van der Waals surface area contributed by atoms with E-state index in [-0.39, 0.29) is 23.8 Å². The number of aryl methyl sites for hydroxylation is 1. The Labute approximate surface area is 136 Å². The van der Waals surface area contributed by atoms with Crippen molar-refractivity contribution in [2.75, 3.05) is 19.7 Å². The van der Waals surface area contributed by atoms with E-state index in [1.165, 1.54) is 0 Å². The van der Waals surface area contributed by atoms with Gasteiger partial charge in [-0.3, -0.25) is 9.59 Å². The number of piperidine rings is 1. The Balaban J connectivity index is 1.50. The van der Waals surface area contributed by atoms with Gasteiger partial charge in [0.25, 0.3) is 5.91 Å². The van der Waals surface area contributed by atoms with E-state index in [0.717, 1.165) is 44.3 Å². The largest absolute Gasteiger partial charge is 0.377 e. The van der Waals surface area contributed by atoms with Crippen LogP contribution in [0.3, 0.4) is 0 Å². The molecule has 2 atom stereocenters. The molecule has 2 saturated heterocycles. The van der Waals surface area contributed by atoms with Crippen molar-refractivity contribution in [1.29, 1.82) is 0 Å². The molecule has 0 aliphatic carbocycles. The number of nitrogens with zero attached hydrogens (tertiary/aromatic N) is 2. The fraction of sp³-hybridized carbons (Fsp3) is 0.647. The van der Waals surface area contributed by atoms with E-state index in [0.29, 0.717) is 12.5 Å². The van der Waals surface area contributed by atoms with E-state index in [4.69, 9.17) is 10.5 Å². The first-order chi connectivity index (χ1) is 11.0. The molecule has 0 spiro atoms. The van der Waals surface area contributed by atoms with Gasteiger partial charge in [0.15, 0.2) is 0 Å². The van der Waals surface area contributed by atoms with Crippen LogP contribution in [0.5, 0.6) is 0 Å². The van der Waals surface area contributed by atoms with Gasteiger partial charge in [0.05, 0.1) is 17.6 Å². The summed E-state index contributed by atoms with van der Waals surface area (Å²) in [6, 6.07) is 1.86. The van der Waals surface area contributed by atoms with Crippen molar-refractivity contribution >= 4 is 11.8 Å². The second-order valence-electron chi connectivity index (χ2n) is 6.74. The molecule has 6 nitrogen and oxygen atoms in total. The lowest BCUT2D eigenvalue weighted by molar-refractivity contribution is -0.123. The molecule has 0 bridgehead atoms. The molecule has 2 amide bonds. The number of aromatic nitrogens is 1. The summed E-state index contributed by atoms with van der Waals surface area (Å²) in [5, 5.41) is 0. The van der Waals surface area contributed by atoms with Crippen molar-refractivity contribution in [2.45, 2.75) is 31.8 Å². The molecule has 126 valence electrons. The van der Waals surface area contributed by atoms with E-state index in [1.54, 1.807) is 0 Å². The average molecular weight is 319 g/mol. The number of nitrogens with two attached hydrogens (primary N) is 1. The summed E-state index contributed by atoms with van der Waals surface area (Å²) in [6.07, 6.45) is 7.26. The van der Waals surface area contributed by atoms with Crippen LogP contribution in [0.25, 0.3) is 0 Å². The van der Waals surface area contributed by atoms with Crippen LogP contribution in [0.4, 0.5) is 0 Å². The summed E-state index contributed by atoms with van der Waals surface area (Å²) in [4.78, 5) is 25.8. The molecule has 3 rings (SSSR count). The number of hydrogen-bond donors (Lipinski definition) is 1. The summed E-state index contributed by atoms with van der Waals surface area (Å²) in [6.45, 7) is 2.17. The van der Waals surface area contributed by atoms with Gasteiger partial charge in [-0.15, -0.1) is 0 Å². The predicted octanol–water partition coefficient (Wildman–Crippen LogP) is 1.16. The van der Waals surface area contributed by atoms with Gasteiger partial charge >= 0.3 is 0 Å². The van der Waals surface area contributed by atoms with E-state index in [2.05, 4.69) is 0 Å². The maximum absolute atomic E-state index is 12.4. The molecule has 2 aliphatic rings. The zero-order valence-corrected chi connectivity index (χ0v) is 13.6. The number of carbonyl (C=O) groups excluding carboxylic acids is 2. The Kier molecular flexibility index (Phi) is 4.71. The van der Waals surface area contributed by atoms with Crippen molar-refractivity contribution in [3.63, 3.8) is 0 Å². The van der Waals surface area contributed by atoms with Crippen LogP contribution < -0.4 is 5.73 Å². The fourth-order valence-corrected chi connectivity index (χ4v) is 3.72. The number of ether oxygens (including phenoxy) is 1. The van der Waals surface area contributed by atoms with Gasteiger partial charge in [-0.2, -0.15) is 0 Å². The van der Waals surface area contributed by atoms with E-state index in [9.17, 15) is 9.59 Å². The highest BCUT2D eigenvalue weighted by molar-refractivity contribution is 5.94. The van der Waals surface area contributed by atoms with Gasteiger partial charge in [0.2, 0.25) is 5.91 Å². The van der Waals surface area contributed by atoms with Crippen LogP contribution in [-0.2, 0) is 16.6 Å². The molecule has 0 unspecified atom stereocenters. The second kappa shape index (κ2) is 6.74. The lowest BCUT2D eigenvalue weighted by atomic mass is 9.86. The topological polar surface area (TPSA) is 77.6 Å². The smallest absolute Gasteiger partial charge is 0.255 e. The molecule has 23 heavy (non-hydrogen) atoms. The van der Waals surface area contributed by atoms with E-state index >= 15 is 0 Å². The minimum atomic E-state index is -0.246. The molecular weight excluding hydrogens is 294 g/mol. The number of amides is 2. The highest BCUT2D eigenvalue weighted by Crippen LogP contribution is 2.31. The van der Waals surface area contributed by atoms with Gasteiger partial charge in [-0.1, -0.05) is 0 Å². The van der Waals surface area contributed by atoms with Crippen LogP contribution in [0, 0.1) is 11.8 Å². The molecule has 2 fully saturated rings. The van der Waals surface area contributed by atoms with Crippen LogP contribution >= 0.6 is 0 Å². The number of carbonyl (C=O) groups is 2. The highest BCUT2D eigenvalue weighted by Gasteiger charge is 2.35. The van der Waals surface area contributed by atoms with Gasteiger partial charge in [0, 0.05) is 39.1 Å². The summed E-state index contributed by atoms with van der Waals surface area (Å²) in [7, 11) is 1.92. The maximum atomic E-state index is 12.4. The Morgan fingerprint density at radius 2 is 2.04 bits per heavy atom. The zero-order chi connectivity index (χ0) is 16.4. The van der Waals surface area contributed by atoms with Gasteiger partial charge in [-0.25, -0.2) is 0 Å².